The molecule has 2 aromatic carbocycles. The molecule has 0 bridgehead atoms. The summed E-state index contributed by atoms with van der Waals surface area (Å²) in [6.45, 7) is 4.89. The molecule has 2 amide bonds. The van der Waals surface area contributed by atoms with E-state index >= 15 is 0 Å². The lowest BCUT2D eigenvalue weighted by Gasteiger charge is -2.30. The number of amides is 2. The van der Waals surface area contributed by atoms with Crippen LogP contribution in [0, 0.1) is 0 Å². The number of piperidine rings is 1. The highest BCUT2D eigenvalue weighted by molar-refractivity contribution is 5.98. The number of ether oxygens (including phenoxy) is 1. The summed E-state index contributed by atoms with van der Waals surface area (Å²) < 4.78 is 7.46. The van der Waals surface area contributed by atoms with Gasteiger partial charge < -0.3 is 20.4 Å². The highest BCUT2D eigenvalue weighted by Crippen LogP contribution is 2.34. The van der Waals surface area contributed by atoms with Crippen LogP contribution in [0.15, 0.2) is 73.4 Å². The van der Waals surface area contributed by atoms with Crippen molar-refractivity contribution in [2.75, 3.05) is 13.1 Å². The lowest BCUT2D eigenvalue weighted by atomic mass is 9.91. The first kappa shape index (κ1) is 21.5. The number of nitrogens with zero attached hydrogens (tertiary/aromatic N) is 3. The van der Waals surface area contributed by atoms with E-state index in [-0.39, 0.29) is 11.8 Å². The number of carbonyl (C=O) groups excluding carboxylic acids is 2. The van der Waals surface area contributed by atoms with Gasteiger partial charge in [0, 0.05) is 24.2 Å². The summed E-state index contributed by atoms with van der Waals surface area (Å²) >= 11 is 0. The first-order valence-corrected chi connectivity index (χ1v) is 11.2. The van der Waals surface area contributed by atoms with Gasteiger partial charge in [-0.3, -0.25) is 9.59 Å². The Morgan fingerprint density at radius 3 is 2.38 bits per heavy atom. The summed E-state index contributed by atoms with van der Waals surface area (Å²) in [5, 5.41) is 4.47. The molecule has 1 aliphatic rings. The molecule has 0 radical (unpaired) electrons. The standard InChI is InChI=1S/C26H25N5O3/c1-2-22(32)30-14-12-17(13-15-30)21-16-28-31-24(25(27)33)23(29-26(21)31)18-8-10-20(11-9-18)34-19-6-4-3-5-7-19/h2-11,16-17,29H,1,12-15H2,(H2,27,33). The fourth-order valence-electron chi connectivity index (χ4n) is 4.53. The van der Waals surface area contributed by atoms with E-state index in [1.165, 1.54) is 6.08 Å². The molecule has 8 heteroatoms. The second kappa shape index (κ2) is 8.90. The van der Waals surface area contributed by atoms with Crippen molar-refractivity contribution < 1.29 is 14.3 Å². The molecule has 1 aliphatic heterocycles. The number of aromatic amines is 1. The topological polar surface area (TPSA) is 106 Å². The smallest absolute Gasteiger partial charge is 0.269 e. The van der Waals surface area contributed by atoms with Crippen molar-refractivity contribution >= 4 is 17.5 Å². The minimum absolute atomic E-state index is 0.0449. The maximum absolute atomic E-state index is 12.4. The molecule has 0 aliphatic carbocycles. The first-order chi connectivity index (χ1) is 16.5. The Hall–Kier alpha value is -4.33. The van der Waals surface area contributed by atoms with Crippen LogP contribution in [0.25, 0.3) is 16.9 Å². The highest BCUT2D eigenvalue weighted by Gasteiger charge is 2.28. The van der Waals surface area contributed by atoms with Gasteiger partial charge in [0.25, 0.3) is 5.91 Å². The number of rotatable bonds is 6. The van der Waals surface area contributed by atoms with Crippen molar-refractivity contribution in [3.63, 3.8) is 0 Å². The number of nitrogens with one attached hydrogen (secondary N) is 1. The zero-order valence-corrected chi connectivity index (χ0v) is 18.6. The Morgan fingerprint density at radius 1 is 1.06 bits per heavy atom. The quantitative estimate of drug-likeness (QED) is 0.427. The molecule has 0 unspecified atom stereocenters. The van der Waals surface area contributed by atoms with Gasteiger partial charge in [-0.05, 0) is 61.2 Å². The SMILES string of the molecule is C=CC(=O)N1CCC(c2cnn3c(C(N)=O)c(-c4ccc(Oc5ccccc5)cc4)[nH]c23)CC1. The van der Waals surface area contributed by atoms with Gasteiger partial charge in [0.05, 0.1) is 11.9 Å². The van der Waals surface area contributed by atoms with Crippen LogP contribution in [0.4, 0.5) is 0 Å². The van der Waals surface area contributed by atoms with Crippen molar-refractivity contribution in [2.24, 2.45) is 5.73 Å². The monoisotopic (exact) mass is 455 g/mol. The summed E-state index contributed by atoms with van der Waals surface area (Å²) in [5.41, 5.74) is 9.24. The van der Waals surface area contributed by atoms with Crippen LogP contribution >= 0.6 is 0 Å². The number of aromatic nitrogens is 3. The van der Waals surface area contributed by atoms with Gasteiger partial charge in [-0.15, -0.1) is 0 Å². The fourth-order valence-corrected chi connectivity index (χ4v) is 4.53. The number of hydrogen-bond donors (Lipinski definition) is 2. The molecule has 172 valence electrons. The van der Waals surface area contributed by atoms with Crippen LogP contribution in [0.3, 0.4) is 0 Å². The van der Waals surface area contributed by atoms with E-state index in [1.807, 2.05) is 54.6 Å². The van der Waals surface area contributed by atoms with Crippen LogP contribution in [0.2, 0.25) is 0 Å². The number of benzene rings is 2. The summed E-state index contributed by atoms with van der Waals surface area (Å²) in [6, 6.07) is 17.0. The molecule has 0 saturated carbocycles. The zero-order chi connectivity index (χ0) is 23.7. The van der Waals surface area contributed by atoms with Gasteiger partial charge in [-0.1, -0.05) is 24.8 Å². The lowest BCUT2D eigenvalue weighted by Crippen LogP contribution is -2.36. The number of primary amides is 1. The zero-order valence-electron chi connectivity index (χ0n) is 18.6. The summed E-state index contributed by atoms with van der Waals surface area (Å²) in [4.78, 5) is 29.5. The molecule has 4 aromatic rings. The highest BCUT2D eigenvalue weighted by atomic mass is 16.5. The normalized spacial score (nSPS) is 14.3. The number of hydrogen-bond acceptors (Lipinski definition) is 4. The third-order valence-electron chi connectivity index (χ3n) is 6.27. The predicted octanol–water partition coefficient (Wildman–Crippen LogP) is 4.11. The van der Waals surface area contributed by atoms with Crippen LogP contribution in [0.1, 0.15) is 34.8 Å². The molecule has 0 atom stereocenters. The van der Waals surface area contributed by atoms with E-state index in [9.17, 15) is 9.59 Å². The van der Waals surface area contributed by atoms with E-state index in [0.717, 1.165) is 35.4 Å². The van der Waals surface area contributed by atoms with Crippen LogP contribution in [-0.4, -0.2) is 44.4 Å². The largest absolute Gasteiger partial charge is 0.457 e. The Bertz CT molecular complexity index is 1350. The molecule has 0 spiro atoms. The molecule has 5 rings (SSSR count). The number of fused-ring (bicyclic) bond motifs is 1. The molecule has 1 saturated heterocycles. The number of nitrogens with two attached hydrogens (primary N) is 1. The molecular weight excluding hydrogens is 430 g/mol. The van der Waals surface area contributed by atoms with Crippen LogP contribution < -0.4 is 10.5 Å². The Kier molecular flexibility index (Phi) is 5.63. The van der Waals surface area contributed by atoms with Crippen molar-refractivity contribution in [3.8, 4) is 22.8 Å². The average Bonchev–Trinajstić information content (AvgIpc) is 3.44. The molecule has 3 heterocycles. The maximum Gasteiger partial charge on any atom is 0.269 e. The van der Waals surface area contributed by atoms with E-state index in [4.69, 9.17) is 10.5 Å². The molecular formula is C26H25N5O3. The summed E-state index contributed by atoms with van der Waals surface area (Å²) in [7, 11) is 0. The Labute approximate surface area is 196 Å². The number of para-hydroxylation sites is 1. The molecule has 1 fully saturated rings. The molecule has 2 aromatic heterocycles. The molecule has 8 nitrogen and oxygen atoms in total. The van der Waals surface area contributed by atoms with Crippen molar-refractivity contribution in [1.82, 2.24) is 19.5 Å². The predicted molar refractivity (Wildman–Crippen MR) is 129 cm³/mol. The van der Waals surface area contributed by atoms with E-state index < -0.39 is 5.91 Å². The van der Waals surface area contributed by atoms with Crippen molar-refractivity contribution in [3.05, 3.63) is 84.7 Å². The Morgan fingerprint density at radius 2 is 1.74 bits per heavy atom. The summed E-state index contributed by atoms with van der Waals surface area (Å²) in [6.07, 6.45) is 4.76. The maximum atomic E-state index is 12.4. The van der Waals surface area contributed by atoms with Gasteiger partial charge in [0.1, 0.15) is 17.1 Å². The van der Waals surface area contributed by atoms with Crippen LogP contribution in [0.5, 0.6) is 11.5 Å². The third-order valence-corrected chi connectivity index (χ3v) is 6.27. The lowest BCUT2D eigenvalue weighted by molar-refractivity contribution is -0.127. The second-order valence-corrected chi connectivity index (χ2v) is 8.32. The van der Waals surface area contributed by atoms with Gasteiger partial charge in [-0.25, -0.2) is 4.52 Å². The van der Waals surface area contributed by atoms with Crippen molar-refractivity contribution in [2.45, 2.75) is 18.8 Å². The van der Waals surface area contributed by atoms with Gasteiger partial charge in [-0.2, -0.15) is 5.10 Å². The van der Waals surface area contributed by atoms with E-state index in [1.54, 1.807) is 15.6 Å². The number of imidazole rings is 1. The third kappa shape index (κ3) is 3.94. The van der Waals surface area contributed by atoms with Gasteiger partial charge >= 0.3 is 0 Å². The number of H-pyrrole nitrogens is 1. The first-order valence-electron chi connectivity index (χ1n) is 11.2. The Balaban J connectivity index is 1.44. The average molecular weight is 456 g/mol. The summed E-state index contributed by atoms with van der Waals surface area (Å²) in [5.74, 6) is 1.05. The van der Waals surface area contributed by atoms with Gasteiger partial charge in [0.15, 0.2) is 5.69 Å². The second-order valence-electron chi connectivity index (χ2n) is 8.32. The fraction of sp³-hybridized carbons (Fsp3) is 0.192. The van der Waals surface area contributed by atoms with E-state index in [0.29, 0.717) is 30.2 Å². The minimum Gasteiger partial charge on any atom is -0.457 e. The molecule has 3 N–H and O–H groups in total. The van der Waals surface area contributed by atoms with Crippen molar-refractivity contribution in [1.29, 1.82) is 0 Å². The van der Waals surface area contributed by atoms with Crippen LogP contribution in [-0.2, 0) is 4.79 Å². The molecule has 34 heavy (non-hydrogen) atoms. The number of likely N-dealkylation sites (tertiary alicyclic amines) is 1. The van der Waals surface area contributed by atoms with Gasteiger partial charge in [0.2, 0.25) is 5.91 Å². The minimum atomic E-state index is -0.563. The number of carbonyl (C=O) groups is 2. The van der Waals surface area contributed by atoms with E-state index in [2.05, 4.69) is 16.7 Å².